The van der Waals surface area contributed by atoms with E-state index in [1.165, 1.54) is 11.8 Å². The van der Waals surface area contributed by atoms with Crippen LogP contribution in [0.25, 0.3) is 0 Å². The second-order valence-electron chi connectivity index (χ2n) is 6.09. The topological polar surface area (TPSA) is 35.2 Å². The zero-order valence-electron chi connectivity index (χ0n) is 11.6. The van der Waals surface area contributed by atoms with Crippen LogP contribution in [0.4, 0.5) is 14.5 Å². The van der Waals surface area contributed by atoms with Crippen LogP contribution in [0.2, 0.25) is 0 Å². The van der Waals surface area contributed by atoms with E-state index in [9.17, 15) is 8.78 Å². The average Bonchev–Trinajstić information content (AvgIpc) is 2.39. The Morgan fingerprint density at radius 2 is 1.74 bits per heavy atom. The molecule has 0 aromatic heterocycles. The molecule has 0 radical (unpaired) electrons. The molecular formula is C14H19F2NOS. The lowest BCUT2D eigenvalue weighted by atomic mass is 10.0. The smallest absolute Gasteiger partial charge is 0.141 e. The first-order valence-corrected chi connectivity index (χ1v) is 7.10. The molecule has 1 heterocycles. The number of halogens is 2. The Balaban J connectivity index is 2.27. The second kappa shape index (κ2) is 4.63. The number of rotatable bonds is 2. The van der Waals surface area contributed by atoms with Crippen LogP contribution in [0.1, 0.15) is 34.1 Å². The maximum Gasteiger partial charge on any atom is 0.141 e. The number of thioether (sulfide) groups is 1. The molecule has 1 aromatic rings. The zero-order chi connectivity index (χ0) is 14.4. The molecule has 1 aliphatic rings. The molecule has 19 heavy (non-hydrogen) atoms. The average molecular weight is 287 g/mol. The molecule has 106 valence electrons. The SMILES string of the molecule is CC1(C)CC(Sc2c(F)cc(N)cc2F)C(C)(C)O1. The van der Waals surface area contributed by atoms with Crippen LogP contribution in [-0.4, -0.2) is 16.5 Å². The van der Waals surface area contributed by atoms with E-state index in [1.54, 1.807) is 0 Å². The van der Waals surface area contributed by atoms with Crippen LogP contribution < -0.4 is 5.73 Å². The number of nitrogens with two attached hydrogens (primary N) is 1. The Kier molecular flexibility index (Phi) is 3.56. The third kappa shape index (κ3) is 3.03. The summed E-state index contributed by atoms with van der Waals surface area (Å²) in [7, 11) is 0. The zero-order valence-corrected chi connectivity index (χ0v) is 12.4. The van der Waals surface area contributed by atoms with Gasteiger partial charge in [-0.3, -0.25) is 0 Å². The van der Waals surface area contributed by atoms with Gasteiger partial charge in [-0.15, -0.1) is 11.8 Å². The standard InChI is InChI=1S/C14H19F2NOS/c1-13(2)7-11(14(3,4)18-13)19-12-9(15)5-8(17)6-10(12)16/h5-6,11H,7,17H2,1-4H3. The third-order valence-corrected chi connectivity index (χ3v) is 4.92. The monoisotopic (exact) mass is 287 g/mol. The first-order chi connectivity index (χ1) is 8.61. The van der Waals surface area contributed by atoms with E-state index in [4.69, 9.17) is 10.5 Å². The molecule has 1 saturated heterocycles. The molecule has 1 unspecified atom stereocenters. The predicted octanol–water partition coefficient (Wildman–Crippen LogP) is 3.99. The van der Waals surface area contributed by atoms with Crippen molar-refractivity contribution in [2.24, 2.45) is 0 Å². The van der Waals surface area contributed by atoms with Crippen molar-refractivity contribution in [2.45, 2.75) is 55.5 Å². The van der Waals surface area contributed by atoms with Crippen LogP contribution in [0.15, 0.2) is 17.0 Å². The first kappa shape index (κ1) is 14.6. The van der Waals surface area contributed by atoms with E-state index >= 15 is 0 Å². The lowest BCUT2D eigenvalue weighted by Gasteiger charge is -2.27. The number of benzene rings is 1. The molecule has 1 atom stereocenters. The van der Waals surface area contributed by atoms with Crippen molar-refractivity contribution in [3.63, 3.8) is 0 Å². The van der Waals surface area contributed by atoms with Gasteiger partial charge in [0.15, 0.2) is 0 Å². The Labute approximate surface area is 116 Å². The molecule has 2 N–H and O–H groups in total. The number of anilines is 1. The maximum atomic E-state index is 13.8. The number of ether oxygens (including phenoxy) is 1. The molecule has 0 saturated carbocycles. The van der Waals surface area contributed by atoms with E-state index in [1.807, 2.05) is 27.7 Å². The van der Waals surface area contributed by atoms with E-state index in [0.29, 0.717) is 0 Å². The molecule has 1 aliphatic heterocycles. The fraction of sp³-hybridized carbons (Fsp3) is 0.571. The minimum Gasteiger partial charge on any atom is -0.399 e. The quantitative estimate of drug-likeness (QED) is 0.835. The molecule has 0 aliphatic carbocycles. The number of hydrogen-bond donors (Lipinski definition) is 1. The minimum atomic E-state index is -0.608. The van der Waals surface area contributed by atoms with Crippen LogP contribution in [0.5, 0.6) is 0 Å². The summed E-state index contributed by atoms with van der Waals surface area (Å²) in [6.07, 6.45) is 0.744. The maximum absolute atomic E-state index is 13.8. The van der Waals surface area contributed by atoms with Crippen molar-refractivity contribution in [1.29, 1.82) is 0 Å². The van der Waals surface area contributed by atoms with Gasteiger partial charge >= 0.3 is 0 Å². The van der Waals surface area contributed by atoms with Gasteiger partial charge in [-0.25, -0.2) is 8.78 Å². The summed E-state index contributed by atoms with van der Waals surface area (Å²) in [5, 5.41) is -0.00451. The molecule has 1 aromatic carbocycles. The molecule has 1 fully saturated rings. The Morgan fingerprint density at radius 3 is 2.16 bits per heavy atom. The van der Waals surface area contributed by atoms with Crippen LogP contribution in [0, 0.1) is 11.6 Å². The van der Waals surface area contributed by atoms with Gasteiger partial charge in [-0.1, -0.05) is 0 Å². The molecule has 0 spiro atoms. The summed E-state index contributed by atoms with van der Waals surface area (Å²) in [5.41, 5.74) is 4.82. The second-order valence-corrected chi connectivity index (χ2v) is 7.30. The molecule has 0 amide bonds. The highest BCUT2D eigenvalue weighted by atomic mass is 32.2. The largest absolute Gasteiger partial charge is 0.399 e. The van der Waals surface area contributed by atoms with Gasteiger partial charge in [0.25, 0.3) is 0 Å². The first-order valence-electron chi connectivity index (χ1n) is 6.22. The fourth-order valence-corrected chi connectivity index (χ4v) is 3.97. The lowest BCUT2D eigenvalue weighted by molar-refractivity contribution is -0.0631. The van der Waals surface area contributed by atoms with E-state index in [2.05, 4.69) is 0 Å². The molecule has 5 heteroatoms. The van der Waals surface area contributed by atoms with Crippen molar-refractivity contribution in [3.05, 3.63) is 23.8 Å². The highest BCUT2D eigenvalue weighted by Crippen LogP contribution is 2.47. The van der Waals surface area contributed by atoms with Gasteiger partial charge in [-0.2, -0.15) is 0 Å². The van der Waals surface area contributed by atoms with Gasteiger partial charge in [0.2, 0.25) is 0 Å². The Morgan fingerprint density at radius 1 is 1.21 bits per heavy atom. The fourth-order valence-electron chi connectivity index (χ4n) is 2.53. The van der Waals surface area contributed by atoms with Crippen LogP contribution >= 0.6 is 11.8 Å². The van der Waals surface area contributed by atoms with E-state index in [-0.39, 0.29) is 21.4 Å². The van der Waals surface area contributed by atoms with Crippen LogP contribution in [-0.2, 0) is 4.74 Å². The van der Waals surface area contributed by atoms with Crippen molar-refractivity contribution >= 4 is 17.4 Å². The normalized spacial score (nSPS) is 24.6. The summed E-state index contributed by atoms with van der Waals surface area (Å²) < 4.78 is 33.6. The van der Waals surface area contributed by atoms with Crippen LogP contribution in [0.3, 0.4) is 0 Å². The van der Waals surface area contributed by atoms with Crippen molar-refractivity contribution in [2.75, 3.05) is 5.73 Å². The molecular weight excluding hydrogens is 268 g/mol. The van der Waals surface area contributed by atoms with Gasteiger partial charge < -0.3 is 10.5 Å². The Bertz CT molecular complexity index is 479. The molecule has 0 bridgehead atoms. The minimum absolute atomic E-state index is 0.00451. The molecule has 2 rings (SSSR count). The highest BCUT2D eigenvalue weighted by Gasteiger charge is 2.46. The summed E-state index contributed by atoms with van der Waals surface area (Å²) >= 11 is 1.19. The Hall–Kier alpha value is -0.810. The van der Waals surface area contributed by atoms with E-state index in [0.717, 1.165) is 18.6 Å². The van der Waals surface area contributed by atoms with Crippen molar-refractivity contribution in [3.8, 4) is 0 Å². The predicted molar refractivity (Wildman–Crippen MR) is 74.3 cm³/mol. The van der Waals surface area contributed by atoms with Crippen molar-refractivity contribution < 1.29 is 13.5 Å². The summed E-state index contributed by atoms with van der Waals surface area (Å²) in [6, 6.07) is 2.30. The summed E-state index contributed by atoms with van der Waals surface area (Å²) in [6.45, 7) is 7.88. The van der Waals surface area contributed by atoms with E-state index < -0.39 is 17.2 Å². The molecule has 2 nitrogen and oxygen atoms in total. The number of nitrogen functional groups attached to an aromatic ring is 1. The van der Waals surface area contributed by atoms with Gasteiger partial charge in [0, 0.05) is 10.9 Å². The number of hydrogen-bond acceptors (Lipinski definition) is 3. The summed E-state index contributed by atoms with van der Waals surface area (Å²) in [5.74, 6) is -1.22. The highest BCUT2D eigenvalue weighted by molar-refractivity contribution is 8.00. The van der Waals surface area contributed by atoms with Crippen molar-refractivity contribution in [1.82, 2.24) is 0 Å². The summed E-state index contributed by atoms with van der Waals surface area (Å²) in [4.78, 5) is 0.0218. The third-order valence-electron chi connectivity index (χ3n) is 3.27. The van der Waals surface area contributed by atoms with Gasteiger partial charge in [0.05, 0.1) is 16.1 Å². The van der Waals surface area contributed by atoms with Gasteiger partial charge in [0.1, 0.15) is 11.6 Å². The van der Waals surface area contributed by atoms with Gasteiger partial charge in [-0.05, 0) is 46.2 Å². The lowest BCUT2D eigenvalue weighted by Crippen LogP contribution is -2.31.